The molecule has 0 radical (unpaired) electrons. The third-order valence-electron chi connectivity index (χ3n) is 9.02. The highest BCUT2D eigenvalue weighted by Gasteiger charge is 2.31. The van der Waals surface area contributed by atoms with Gasteiger partial charge in [-0.25, -0.2) is 0 Å². The minimum absolute atomic E-state index is 0.254. The van der Waals surface area contributed by atoms with Gasteiger partial charge in [0, 0.05) is 48.5 Å². The lowest BCUT2D eigenvalue weighted by Crippen LogP contribution is -2.21. The van der Waals surface area contributed by atoms with Gasteiger partial charge in [0.1, 0.15) is 0 Å². The first-order valence-electron chi connectivity index (χ1n) is 14.6. The lowest BCUT2D eigenvalue weighted by Gasteiger charge is -2.33. The summed E-state index contributed by atoms with van der Waals surface area (Å²) in [5.41, 5.74) is 9.08. The Morgan fingerprint density at radius 3 is 2.17 bits per heavy atom. The summed E-state index contributed by atoms with van der Waals surface area (Å²) < 4.78 is 5.22. The van der Waals surface area contributed by atoms with Crippen LogP contribution in [0.2, 0.25) is 0 Å². The predicted octanol–water partition coefficient (Wildman–Crippen LogP) is 11.1. The SMILES string of the molecule is C1=CC2C(c3ccccc3)=CC=C(n3c4ccccc4c4ccc(-c5cccc6c5sc5ccccc56)cc43)C2C=C1. The summed E-state index contributed by atoms with van der Waals surface area (Å²) in [4.78, 5) is 0. The van der Waals surface area contributed by atoms with E-state index in [9.17, 15) is 0 Å². The van der Waals surface area contributed by atoms with Crippen molar-refractivity contribution < 1.29 is 0 Å². The molecule has 0 amide bonds. The van der Waals surface area contributed by atoms with Gasteiger partial charge in [-0.2, -0.15) is 0 Å². The van der Waals surface area contributed by atoms with Crippen molar-refractivity contribution in [3.05, 3.63) is 157 Å². The summed E-state index contributed by atoms with van der Waals surface area (Å²) in [6.07, 6.45) is 13.9. The molecule has 0 saturated carbocycles. The van der Waals surface area contributed by atoms with Crippen molar-refractivity contribution in [1.29, 1.82) is 0 Å². The monoisotopic (exact) mass is 553 g/mol. The van der Waals surface area contributed by atoms with Crippen LogP contribution in [-0.2, 0) is 0 Å². The first kappa shape index (κ1) is 23.8. The molecule has 2 atom stereocenters. The molecule has 198 valence electrons. The normalized spacial score (nSPS) is 18.1. The van der Waals surface area contributed by atoms with E-state index in [1.807, 2.05) is 11.3 Å². The molecule has 9 rings (SSSR count). The summed E-state index contributed by atoms with van der Waals surface area (Å²) in [7, 11) is 0. The quantitative estimate of drug-likeness (QED) is 0.205. The Kier molecular flexibility index (Phi) is 5.26. The van der Waals surface area contributed by atoms with Crippen molar-refractivity contribution in [3.63, 3.8) is 0 Å². The lowest BCUT2D eigenvalue weighted by molar-refractivity contribution is 0.672. The fourth-order valence-corrected chi connectivity index (χ4v) is 8.36. The average molecular weight is 554 g/mol. The molecule has 5 aromatic carbocycles. The molecule has 0 spiro atoms. The van der Waals surface area contributed by atoms with Crippen molar-refractivity contribution in [2.24, 2.45) is 11.8 Å². The van der Waals surface area contributed by atoms with Gasteiger partial charge in [-0.3, -0.25) is 0 Å². The third kappa shape index (κ3) is 3.49. The lowest BCUT2D eigenvalue weighted by atomic mass is 9.75. The minimum Gasteiger partial charge on any atom is -0.312 e. The molecule has 2 heteroatoms. The van der Waals surface area contributed by atoms with Gasteiger partial charge >= 0.3 is 0 Å². The maximum Gasteiger partial charge on any atom is 0.0544 e. The average Bonchev–Trinajstić information content (AvgIpc) is 3.60. The summed E-state index contributed by atoms with van der Waals surface area (Å²) in [6, 6.07) is 42.3. The summed E-state index contributed by atoms with van der Waals surface area (Å²) in [6.45, 7) is 0. The molecular formula is C40H27NS. The second-order valence-electron chi connectivity index (χ2n) is 11.3. The van der Waals surface area contributed by atoms with E-state index in [0.717, 1.165) is 0 Å². The van der Waals surface area contributed by atoms with Crippen LogP contribution >= 0.6 is 11.3 Å². The number of fused-ring (bicyclic) bond motifs is 7. The summed E-state index contributed by atoms with van der Waals surface area (Å²) in [5, 5.41) is 5.27. The van der Waals surface area contributed by atoms with Crippen molar-refractivity contribution >= 4 is 64.6 Å². The van der Waals surface area contributed by atoms with Gasteiger partial charge < -0.3 is 4.57 Å². The van der Waals surface area contributed by atoms with Crippen LogP contribution in [0.3, 0.4) is 0 Å². The zero-order chi connectivity index (χ0) is 27.6. The van der Waals surface area contributed by atoms with E-state index in [1.165, 1.54) is 69.9 Å². The van der Waals surface area contributed by atoms with E-state index < -0.39 is 0 Å². The number of nitrogens with zero attached hydrogens (tertiary/aromatic N) is 1. The Labute approximate surface area is 248 Å². The van der Waals surface area contributed by atoms with E-state index in [0.29, 0.717) is 5.92 Å². The molecule has 2 aromatic heterocycles. The molecule has 0 fully saturated rings. The van der Waals surface area contributed by atoms with E-state index in [2.05, 4.69) is 156 Å². The van der Waals surface area contributed by atoms with Crippen LogP contribution in [0.15, 0.2) is 152 Å². The zero-order valence-corrected chi connectivity index (χ0v) is 23.8. The smallest absolute Gasteiger partial charge is 0.0544 e. The number of hydrogen-bond donors (Lipinski definition) is 0. The molecule has 0 aliphatic heterocycles. The first-order chi connectivity index (χ1) is 20.8. The van der Waals surface area contributed by atoms with Crippen molar-refractivity contribution in [2.75, 3.05) is 0 Å². The largest absolute Gasteiger partial charge is 0.312 e. The Bertz CT molecular complexity index is 2300. The molecule has 0 bridgehead atoms. The van der Waals surface area contributed by atoms with Crippen LogP contribution in [0, 0.1) is 11.8 Å². The van der Waals surface area contributed by atoms with Crippen LogP contribution in [0.25, 0.3) is 64.4 Å². The van der Waals surface area contributed by atoms with Crippen LogP contribution in [-0.4, -0.2) is 4.57 Å². The highest BCUT2D eigenvalue weighted by molar-refractivity contribution is 7.26. The Hall–Kier alpha value is -4.92. The van der Waals surface area contributed by atoms with Gasteiger partial charge in [-0.15, -0.1) is 11.3 Å². The highest BCUT2D eigenvalue weighted by atomic mass is 32.1. The van der Waals surface area contributed by atoms with E-state index in [4.69, 9.17) is 0 Å². The zero-order valence-electron chi connectivity index (χ0n) is 22.9. The number of para-hydroxylation sites is 1. The first-order valence-corrected chi connectivity index (χ1v) is 15.4. The van der Waals surface area contributed by atoms with Crippen LogP contribution in [0.5, 0.6) is 0 Å². The maximum atomic E-state index is 2.53. The predicted molar refractivity (Wildman–Crippen MR) is 182 cm³/mol. The van der Waals surface area contributed by atoms with Crippen LogP contribution in [0.1, 0.15) is 5.56 Å². The molecule has 2 unspecified atom stereocenters. The third-order valence-corrected chi connectivity index (χ3v) is 10.2. The molecule has 2 aliphatic rings. The summed E-state index contributed by atoms with van der Waals surface area (Å²) >= 11 is 1.90. The molecule has 1 nitrogen and oxygen atoms in total. The van der Waals surface area contributed by atoms with Gasteiger partial charge in [0.15, 0.2) is 0 Å². The van der Waals surface area contributed by atoms with E-state index in [-0.39, 0.29) is 5.92 Å². The van der Waals surface area contributed by atoms with Gasteiger partial charge in [0.2, 0.25) is 0 Å². The molecule has 7 aromatic rings. The minimum atomic E-state index is 0.254. The highest BCUT2D eigenvalue weighted by Crippen LogP contribution is 2.46. The molecular weight excluding hydrogens is 527 g/mol. The number of allylic oxidation sites excluding steroid dienone is 8. The molecule has 2 heterocycles. The van der Waals surface area contributed by atoms with E-state index >= 15 is 0 Å². The van der Waals surface area contributed by atoms with Crippen molar-refractivity contribution in [2.45, 2.75) is 0 Å². The number of rotatable bonds is 3. The Balaban J connectivity index is 1.30. The molecule has 2 aliphatic carbocycles. The number of aromatic nitrogens is 1. The van der Waals surface area contributed by atoms with Crippen LogP contribution in [0.4, 0.5) is 0 Å². The second-order valence-corrected chi connectivity index (χ2v) is 12.3. The van der Waals surface area contributed by atoms with Crippen molar-refractivity contribution in [3.8, 4) is 11.1 Å². The topological polar surface area (TPSA) is 4.93 Å². The molecule has 0 N–H and O–H groups in total. The molecule has 0 saturated heterocycles. The number of benzene rings is 5. The Morgan fingerprint density at radius 2 is 1.26 bits per heavy atom. The fraction of sp³-hybridized carbons (Fsp3) is 0.0500. The Morgan fingerprint density at radius 1 is 0.524 bits per heavy atom. The maximum absolute atomic E-state index is 2.53. The summed E-state index contributed by atoms with van der Waals surface area (Å²) in [5.74, 6) is 0.549. The van der Waals surface area contributed by atoms with Gasteiger partial charge in [-0.1, -0.05) is 127 Å². The van der Waals surface area contributed by atoms with Crippen molar-refractivity contribution in [1.82, 2.24) is 4.57 Å². The van der Waals surface area contributed by atoms with Gasteiger partial charge in [0.05, 0.1) is 11.0 Å². The number of thiophene rings is 1. The van der Waals surface area contributed by atoms with E-state index in [1.54, 1.807) is 0 Å². The molecule has 42 heavy (non-hydrogen) atoms. The fourth-order valence-electron chi connectivity index (χ4n) is 7.12. The standard InChI is InChI=1S/C40H27NS/c1-2-11-26(12-3-1)28-23-24-37(31-14-5-4-13-30(28)31)41-36-19-8-6-15-32(36)33-22-21-27(25-38(33)41)29-17-10-18-35-34-16-7-9-20-39(34)42-40(29)35/h1-25,30-31H. The number of hydrogen-bond acceptors (Lipinski definition) is 1. The second kappa shape index (κ2) is 9.30. The van der Waals surface area contributed by atoms with Crippen LogP contribution < -0.4 is 0 Å². The van der Waals surface area contributed by atoms with Gasteiger partial charge in [-0.05, 0) is 46.5 Å². The van der Waals surface area contributed by atoms with Gasteiger partial charge in [0.25, 0.3) is 0 Å².